The molecule has 1 aromatic carbocycles. The topological polar surface area (TPSA) is 60.2 Å². The Bertz CT molecular complexity index is 988. The molecular weight excluding hydrogens is 328 g/mol. The van der Waals surface area contributed by atoms with Crippen molar-refractivity contribution in [2.45, 2.75) is 19.1 Å². The summed E-state index contributed by atoms with van der Waals surface area (Å²) < 4.78 is 13.5. The maximum atomic E-state index is 5.82. The van der Waals surface area contributed by atoms with E-state index in [9.17, 15) is 0 Å². The van der Waals surface area contributed by atoms with E-state index < -0.39 is 0 Å². The Morgan fingerprint density at radius 3 is 2.73 bits per heavy atom. The van der Waals surface area contributed by atoms with Gasteiger partial charge in [-0.15, -0.1) is 10.2 Å². The average Bonchev–Trinajstić information content (AvgIpc) is 3.43. The molecule has 0 aliphatic carbocycles. The first-order valence-electron chi connectivity index (χ1n) is 8.69. The minimum atomic E-state index is 0.166. The molecule has 130 valence electrons. The van der Waals surface area contributed by atoms with Gasteiger partial charge in [0, 0.05) is 25.0 Å². The van der Waals surface area contributed by atoms with Gasteiger partial charge in [0.15, 0.2) is 5.76 Å². The van der Waals surface area contributed by atoms with Crippen molar-refractivity contribution < 1.29 is 8.83 Å². The summed E-state index contributed by atoms with van der Waals surface area (Å²) in [5.74, 6) is 1.61. The normalized spacial score (nSPS) is 17.3. The number of nitrogens with zero attached hydrogens (tertiary/aromatic N) is 4. The Kier molecular flexibility index (Phi) is 3.68. The lowest BCUT2D eigenvalue weighted by atomic mass is 10.00. The number of hydrogen-bond donors (Lipinski definition) is 0. The van der Waals surface area contributed by atoms with Crippen molar-refractivity contribution in [3.8, 4) is 11.7 Å². The number of benzene rings is 1. The van der Waals surface area contributed by atoms with Crippen LogP contribution in [0.4, 0.5) is 0 Å². The summed E-state index contributed by atoms with van der Waals surface area (Å²) in [6, 6.07) is 18.6. The van der Waals surface area contributed by atoms with Gasteiger partial charge in [0.2, 0.25) is 5.89 Å². The molecule has 26 heavy (non-hydrogen) atoms. The molecule has 0 saturated carbocycles. The molecular formula is C20H18N4O2. The zero-order valence-electron chi connectivity index (χ0n) is 14.2. The van der Waals surface area contributed by atoms with Crippen molar-refractivity contribution in [2.24, 2.45) is 0 Å². The fraction of sp³-hybridized carbons (Fsp3) is 0.200. The molecule has 4 heterocycles. The van der Waals surface area contributed by atoms with Crippen LogP contribution in [0.1, 0.15) is 23.2 Å². The minimum Gasteiger partial charge on any atom is -0.459 e. The SMILES string of the molecule is c1ccc([C@@H]2c3cccn3CCN2Cc2nnc(-c3ccco3)o2)cc1. The predicted molar refractivity (Wildman–Crippen MR) is 95.1 cm³/mol. The van der Waals surface area contributed by atoms with Crippen molar-refractivity contribution in [1.82, 2.24) is 19.7 Å². The summed E-state index contributed by atoms with van der Waals surface area (Å²) >= 11 is 0. The number of furan rings is 1. The maximum Gasteiger partial charge on any atom is 0.283 e. The highest BCUT2D eigenvalue weighted by Crippen LogP contribution is 2.33. The molecule has 1 aliphatic heterocycles. The van der Waals surface area contributed by atoms with E-state index >= 15 is 0 Å². The third-order valence-corrected chi connectivity index (χ3v) is 4.79. The maximum absolute atomic E-state index is 5.82. The molecule has 3 aromatic heterocycles. The second-order valence-corrected chi connectivity index (χ2v) is 6.39. The number of fused-ring (bicyclic) bond motifs is 1. The van der Waals surface area contributed by atoms with E-state index in [1.807, 2.05) is 18.2 Å². The molecule has 4 aromatic rings. The molecule has 1 atom stereocenters. The first-order chi connectivity index (χ1) is 12.9. The molecule has 0 radical (unpaired) electrons. The molecule has 0 N–H and O–H groups in total. The quantitative estimate of drug-likeness (QED) is 0.563. The van der Waals surface area contributed by atoms with E-state index in [1.54, 1.807) is 6.26 Å². The highest BCUT2D eigenvalue weighted by atomic mass is 16.4. The average molecular weight is 346 g/mol. The van der Waals surface area contributed by atoms with E-state index in [1.165, 1.54) is 11.3 Å². The van der Waals surface area contributed by atoms with Gasteiger partial charge in [-0.25, -0.2) is 0 Å². The molecule has 6 nitrogen and oxygen atoms in total. The fourth-order valence-corrected chi connectivity index (χ4v) is 3.61. The Labute approximate surface area is 150 Å². The Balaban J connectivity index is 1.46. The second-order valence-electron chi connectivity index (χ2n) is 6.39. The molecule has 5 rings (SSSR count). The molecule has 0 fully saturated rings. The van der Waals surface area contributed by atoms with Crippen molar-refractivity contribution in [3.63, 3.8) is 0 Å². The van der Waals surface area contributed by atoms with Gasteiger partial charge in [-0.1, -0.05) is 30.3 Å². The van der Waals surface area contributed by atoms with Gasteiger partial charge in [-0.05, 0) is 29.8 Å². The van der Waals surface area contributed by atoms with E-state index in [2.05, 4.69) is 62.3 Å². The smallest absolute Gasteiger partial charge is 0.283 e. The number of rotatable bonds is 4. The van der Waals surface area contributed by atoms with Crippen molar-refractivity contribution >= 4 is 0 Å². The zero-order valence-corrected chi connectivity index (χ0v) is 14.2. The molecule has 0 bridgehead atoms. The van der Waals surface area contributed by atoms with Gasteiger partial charge in [0.05, 0.1) is 18.8 Å². The van der Waals surface area contributed by atoms with Crippen LogP contribution in [0.15, 0.2) is 75.9 Å². The lowest BCUT2D eigenvalue weighted by Crippen LogP contribution is -2.38. The summed E-state index contributed by atoms with van der Waals surface area (Å²) in [6.07, 6.45) is 3.74. The van der Waals surface area contributed by atoms with Crippen LogP contribution in [-0.4, -0.2) is 26.2 Å². The largest absolute Gasteiger partial charge is 0.459 e. The third-order valence-electron chi connectivity index (χ3n) is 4.79. The van der Waals surface area contributed by atoms with Crippen LogP contribution in [0.5, 0.6) is 0 Å². The zero-order chi connectivity index (χ0) is 17.3. The standard InChI is InChI=1S/C20H18N4O2/c1-2-6-15(7-3-1)19-16-8-4-10-23(16)11-12-24(19)14-18-21-22-20(26-18)17-9-5-13-25-17/h1-10,13,19H,11-12,14H2/t19-/m1/s1. The highest BCUT2D eigenvalue weighted by Gasteiger charge is 2.30. The first kappa shape index (κ1) is 15.2. The van der Waals surface area contributed by atoms with Gasteiger partial charge in [-0.3, -0.25) is 4.90 Å². The Hall–Kier alpha value is -3.12. The molecule has 6 heteroatoms. The van der Waals surface area contributed by atoms with Gasteiger partial charge < -0.3 is 13.4 Å². The summed E-state index contributed by atoms with van der Waals surface area (Å²) in [4.78, 5) is 2.38. The van der Waals surface area contributed by atoms with Crippen LogP contribution >= 0.6 is 0 Å². The van der Waals surface area contributed by atoms with E-state index in [4.69, 9.17) is 8.83 Å². The summed E-state index contributed by atoms with van der Waals surface area (Å²) in [7, 11) is 0. The molecule has 0 saturated heterocycles. The van der Waals surface area contributed by atoms with Crippen LogP contribution < -0.4 is 0 Å². The molecule has 0 unspecified atom stereocenters. The van der Waals surface area contributed by atoms with Gasteiger partial charge in [0.25, 0.3) is 5.89 Å². The lowest BCUT2D eigenvalue weighted by Gasteiger charge is -2.36. The fourth-order valence-electron chi connectivity index (χ4n) is 3.61. The van der Waals surface area contributed by atoms with Crippen molar-refractivity contribution in [3.05, 3.63) is 84.2 Å². The van der Waals surface area contributed by atoms with Crippen LogP contribution in [-0.2, 0) is 13.1 Å². The van der Waals surface area contributed by atoms with Crippen LogP contribution in [0.2, 0.25) is 0 Å². The lowest BCUT2D eigenvalue weighted by molar-refractivity contribution is 0.159. The molecule has 1 aliphatic rings. The van der Waals surface area contributed by atoms with E-state index in [0.717, 1.165) is 13.1 Å². The van der Waals surface area contributed by atoms with Gasteiger partial charge in [-0.2, -0.15) is 0 Å². The van der Waals surface area contributed by atoms with E-state index in [-0.39, 0.29) is 6.04 Å². The van der Waals surface area contributed by atoms with E-state index in [0.29, 0.717) is 24.1 Å². The molecule has 0 amide bonds. The predicted octanol–water partition coefficient (Wildman–Crippen LogP) is 3.74. The summed E-state index contributed by atoms with van der Waals surface area (Å²) in [5, 5.41) is 8.33. The van der Waals surface area contributed by atoms with Gasteiger partial charge in [0.1, 0.15) is 0 Å². The van der Waals surface area contributed by atoms with Crippen LogP contribution in [0.3, 0.4) is 0 Å². The minimum absolute atomic E-state index is 0.166. The summed E-state index contributed by atoms with van der Waals surface area (Å²) in [5.41, 5.74) is 2.55. The van der Waals surface area contributed by atoms with Gasteiger partial charge >= 0.3 is 0 Å². The number of hydrogen-bond acceptors (Lipinski definition) is 5. The highest BCUT2D eigenvalue weighted by molar-refractivity contribution is 5.42. The summed E-state index contributed by atoms with van der Waals surface area (Å²) in [6.45, 7) is 2.46. The van der Waals surface area contributed by atoms with Crippen LogP contribution in [0.25, 0.3) is 11.7 Å². The Morgan fingerprint density at radius 1 is 0.962 bits per heavy atom. The second kappa shape index (κ2) is 6.31. The van der Waals surface area contributed by atoms with Crippen molar-refractivity contribution in [2.75, 3.05) is 6.54 Å². The molecule has 0 spiro atoms. The Morgan fingerprint density at radius 2 is 1.88 bits per heavy atom. The van der Waals surface area contributed by atoms with Crippen LogP contribution in [0, 0.1) is 0 Å². The van der Waals surface area contributed by atoms with Crippen molar-refractivity contribution in [1.29, 1.82) is 0 Å². The third kappa shape index (κ3) is 2.64. The number of aromatic nitrogens is 3. The monoisotopic (exact) mass is 346 g/mol. The first-order valence-corrected chi connectivity index (χ1v) is 8.69.